The predicted octanol–water partition coefficient (Wildman–Crippen LogP) is 3.08. The summed E-state index contributed by atoms with van der Waals surface area (Å²) in [4.78, 5) is 14.9. The topological polar surface area (TPSA) is 50.2 Å². The molecule has 0 spiro atoms. The van der Waals surface area contributed by atoms with Crippen LogP contribution < -0.4 is 5.32 Å². The van der Waals surface area contributed by atoms with E-state index in [2.05, 4.69) is 31.2 Å². The highest BCUT2D eigenvalue weighted by Crippen LogP contribution is 2.25. The van der Waals surface area contributed by atoms with Gasteiger partial charge >= 0.3 is 0 Å². The van der Waals surface area contributed by atoms with Gasteiger partial charge in [-0.2, -0.15) is 5.10 Å². The first kappa shape index (κ1) is 17.0. The van der Waals surface area contributed by atoms with Crippen molar-refractivity contribution in [2.45, 2.75) is 32.7 Å². The molecule has 128 valence electrons. The summed E-state index contributed by atoms with van der Waals surface area (Å²) in [5.41, 5.74) is 2.48. The third-order valence-electron chi connectivity index (χ3n) is 4.29. The number of benzene rings is 1. The molecule has 1 fully saturated rings. The number of carbonyl (C=O) groups excluding carboxylic acids is 1. The van der Waals surface area contributed by atoms with Crippen LogP contribution in [0.4, 0.5) is 0 Å². The van der Waals surface area contributed by atoms with Crippen molar-refractivity contribution in [1.29, 1.82) is 0 Å². The van der Waals surface area contributed by atoms with E-state index in [1.807, 2.05) is 33.8 Å². The van der Waals surface area contributed by atoms with Crippen molar-refractivity contribution in [3.8, 4) is 5.69 Å². The maximum absolute atomic E-state index is 13.0. The van der Waals surface area contributed by atoms with Gasteiger partial charge < -0.3 is 10.2 Å². The molecule has 0 radical (unpaired) electrons. The Morgan fingerprint density at radius 3 is 2.88 bits per heavy atom. The molecular formula is C18H23ClN4O. The molecule has 0 aliphatic carbocycles. The fraction of sp³-hybridized carbons (Fsp3) is 0.444. The third-order valence-corrected chi connectivity index (χ3v) is 4.53. The Hall–Kier alpha value is -1.85. The van der Waals surface area contributed by atoms with Gasteiger partial charge in [0.05, 0.1) is 23.1 Å². The Kier molecular flexibility index (Phi) is 4.92. The average molecular weight is 347 g/mol. The van der Waals surface area contributed by atoms with Crippen molar-refractivity contribution >= 4 is 17.5 Å². The minimum absolute atomic E-state index is 0.0559. The molecule has 1 unspecified atom stereocenters. The maximum atomic E-state index is 13.0. The number of piperazine rings is 1. The predicted molar refractivity (Wildman–Crippen MR) is 96.0 cm³/mol. The first-order chi connectivity index (χ1) is 11.5. The molecule has 0 bridgehead atoms. The van der Waals surface area contributed by atoms with Crippen LogP contribution in [0.25, 0.3) is 5.69 Å². The summed E-state index contributed by atoms with van der Waals surface area (Å²) >= 11 is 6.11. The molecule has 1 aliphatic heterocycles. The van der Waals surface area contributed by atoms with Gasteiger partial charge in [0.1, 0.15) is 0 Å². The number of nitrogens with zero attached hydrogens (tertiary/aromatic N) is 3. The molecule has 1 aromatic carbocycles. The van der Waals surface area contributed by atoms with Gasteiger partial charge in [-0.25, -0.2) is 4.68 Å². The second kappa shape index (κ2) is 6.95. The molecule has 1 aliphatic rings. The SMILES string of the molecule is CC1CN(C(=O)c2cnn(-c3cccc(Cl)c3)c2C(C)C)CCN1. The molecule has 0 saturated carbocycles. The first-order valence-electron chi connectivity index (χ1n) is 8.34. The highest BCUT2D eigenvalue weighted by molar-refractivity contribution is 6.30. The van der Waals surface area contributed by atoms with Crippen LogP contribution in [0.2, 0.25) is 5.02 Å². The lowest BCUT2D eigenvalue weighted by molar-refractivity contribution is 0.0707. The summed E-state index contributed by atoms with van der Waals surface area (Å²) < 4.78 is 1.83. The van der Waals surface area contributed by atoms with Gasteiger partial charge in [-0.1, -0.05) is 31.5 Å². The minimum Gasteiger partial charge on any atom is -0.336 e. The summed E-state index contributed by atoms with van der Waals surface area (Å²) in [5.74, 6) is 0.228. The Morgan fingerprint density at radius 1 is 1.42 bits per heavy atom. The first-order valence-corrected chi connectivity index (χ1v) is 8.71. The molecule has 1 N–H and O–H groups in total. The van der Waals surface area contributed by atoms with E-state index in [1.54, 1.807) is 6.20 Å². The maximum Gasteiger partial charge on any atom is 0.257 e. The third kappa shape index (κ3) is 3.32. The standard InChI is InChI=1S/C18H23ClN4O/c1-12(2)17-16(18(24)22-8-7-20-13(3)11-22)10-21-23(17)15-6-4-5-14(19)9-15/h4-6,9-10,12-13,20H,7-8,11H2,1-3H3. The van der Waals surface area contributed by atoms with Gasteiger partial charge in [-0.3, -0.25) is 4.79 Å². The van der Waals surface area contributed by atoms with E-state index < -0.39 is 0 Å². The van der Waals surface area contributed by atoms with Crippen LogP contribution in [-0.4, -0.2) is 46.3 Å². The van der Waals surface area contributed by atoms with Crippen LogP contribution in [0.15, 0.2) is 30.5 Å². The lowest BCUT2D eigenvalue weighted by Crippen LogP contribution is -2.51. The summed E-state index contributed by atoms with van der Waals surface area (Å²) in [6, 6.07) is 7.85. The normalized spacial score (nSPS) is 18.2. The number of hydrogen-bond donors (Lipinski definition) is 1. The molecule has 6 heteroatoms. The van der Waals surface area contributed by atoms with Crippen molar-refractivity contribution < 1.29 is 4.79 Å². The van der Waals surface area contributed by atoms with E-state index in [0.29, 0.717) is 16.6 Å². The van der Waals surface area contributed by atoms with E-state index in [1.165, 1.54) is 0 Å². The van der Waals surface area contributed by atoms with E-state index in [4.69, 9.17) is 11.6 Å². The lowest BCUT2D eigenvalue weighted by Gasteiger charge is -2.32. The molecule has 24 heavy (non-hydrogen) atoms. The number of aromatic nitrogens is 2. The molecule has 1 atom stereocenters. The quantitative estimate of drug-likeness (QED) is 0.929. The Balaban J connectivity index is 1.98. The van der Waals surface area contributed by atoms with Crippen LogP contribution in [0.1, 0.15) is 42.7 Å². The smallest absolute Gasteiger partial charge is 0.257 e. The second-order valence-electron chi connectivity index (χ2n) is 6.60. The van der Waals surface area contributed by atoms with Gasteiger partial charge in [0.25, 0.3) is 5.91 Å². The molecule has 2 heterocycles. The highest BCUT2D eigenvalue weighted by Gasteiger charge is 2.27. The summed E-state index contributed by atoms with van der Waals surface area (Å²) in [6.07, 6.45) is 1.69. The molecule has 5 nitrogen and oxygen atoms in total. The minimum atomic E-state index is 0.0559. The van der Waals surface area contributed by atoms with Crippen LogP contribution in [0.5, 0.6) is 0 Å². The second-order valence-corrected chi connectivity index (χ2v) is 7.03. The highest BCUT2D eigenvalue weighted by atomic mass is 35.5. The number of amides is 1. The summed E-state index contributed by atoms with van der Waals surface area (Å²) in [6.45, 7) is 8.52. The van der Waals surface area contributed by atoms with Crippen LogP contribution in [-0.2, 0) is 0 Å². The number of rotatable bonds is 3. The van der Waals surface area contributed by atoms with E-state index in [-0.39, 0.29) is 11.8 Å². The number of nitrogens with one attached hydrogen (secondary N) is 1. The van der Waals surface area contributed by atoms with Crippen molar-refractivity contribution in [3.05, 3.63) is 46.7 Å². The molecule has 2 aromatic rings. The van der Waals surface area contributed by atoms with Gasteiger partial charge in [-0.15, -0.1) is 0 Å². The van der Waals surface area contributed by atoms with Gasteiger partial charge in [0.2, 0.25) is 0 Å². The number of hydrogen-bond acceptors (Lipinski definition) is 3. The van der Waals surface area contributed by atoms with Gasteiger partial charge in [0, 0.05) is 30.7 Å². The van der Waals surface area contributed by atoms with E-state index >= 15 is 0 Å². The van der Waals surface area contributed by atoms with Crippen LogP contribution >= 0.6 is 11.6 Å². The van der Waals surface area contributed by atoms with Crippen molar-refractivity contribution in [3.63, 3.8) is 0 Å². The van der Waals surface area contributed by atoms with E-state index in [9.17, 15) is 4.79 Å². The molecule has 1 saturated heterocycles. The Labute approximate surface area is 147 Å². The zero-order chi connectivity index (χ0) is 17.3. The molecule has 1 amide bonds. The van der Waals surface area contributed by atoms with Crippen molar-refractivity contribution in [2.24, 2.45) is 0 Å². The molecule has 1 aromatic heterocycles. The summed E-state index contributed by atoms with van der Waals surface area (Å²) in [7, 11) is 0. The monoisotopic (exact) mass is 346 g/mol. The zero-order valence-electron chi connectivity index (χ0n) is 14.3. The average Bonchev–Trinajstić information content (AvgIpc) is 2.99. The van der Waals surface area contributed by atoms with Crippen LogP contribution in [0, 0.1) is 0 Å². The Bertz CT molecular complexity index is 740. The van der Waals surface area contributed by atoms with Crippen molar-refractivity contribution in [2.75, 3.05) is 19.6 Å². The van der Waals surface area contributed by atoms with E-state index in [0.717, 1.165) is 31.0 Å². The fourth-order valence-electron chi connectivity index (χ4n) is 3.18. The van der Waals surface area contributed by atoms with Crippen molar-refractivity contribution in [1.82, 2.24) is 20.0 Å². The van der Waals surface area contributed by atoms with Crippen LogP contribution in [0.3, 0.4) is 0 Å². The number of carbonyl (C=O) groups is 1. The van der Waals surface area contributed by atoms with Gasteiger partial charge in [-0.05, 0) is 31.0 Å². The zero-order valence-corrected chi connectivity index (χ0v) is 15.0. The fourth-order valence-corrected chi connectivity index (χ4v) is 3.36. The molecular weight excluding hydrogens is 324 g/mol. The summed E-state index contributed by atoms with van der Waals surface area (Å²) in [5, 5.41) is 8.50. The Morgan fingerprint density at radius 2 is 2.21 bits per heavy atom. The van der Waals surface area contributed by atoms with Gasteiger partial charge in [0.15, 0.2) is 0 Å². The lowest BCUT2D eigenvalue weighted by atomic mass is 10.0. The largest absolute Gasteiger partial charge is 0.336 e. The molecule has 3 rings (SSSR count). The number of halogens is 1.